The van der Waals surface area contributed by atoms with Crippen LogP contribution in [-0.2, 0) is 11.3 Å². The van der Waals surface area contributed by atoms with E-state index in [1.165, 1.54) is 0 Å². The van der Waals surface area contributed by atoms with Gasteiger partial charge < -0.3 is 14.2 Å². The van der Waals surface area contributed by atoms with Gasteiger partial charge in [0.1, 0.15) is 11.1 Å². The molecular weight excluding hydrogens is 356 g/mol. The van der Waals surface area contributed by atoms with E-state index < -0.39 is 0 Å². The second-order valence-electron chi connectivity index (χ2n) is 6.45. The monoisotopic (exact) mass is 378 g/mol. The highest BCUT2D eigenvalue weighted by molar-refractivity contribution is 8.00. The number of amides is 1. The minimum Gasteiger partial charge on any atom is -0.494 e. The predicted molar refractivity (Wildman–Crippen MR) is 109 cm³/mol. The lowest BCUT2D eigenvalue weighted by molar-refractivity contribution is -0.128. The van der Waals surface area contributed by atoms with Crippen molar-refractivity contribution < 1.29 is 9.53 Å². The molecule has 0 unspecified atom stereocenters. The number of rotatable bonds is 6. The standard InChI is InChI=1S/C22H22N2O2S/c1-2-26-20-10-8-19(9-11-20)23-13-12-18(15-23)22-24(21(25)16-27-22)14-17-6-4-3-5-7-17/h3-13,15,22H,2,14,16H2,1H3/t22-/m0/s1. The molecular formula is C22H22N2O2S. The van der Waals surface area contributed by atoms with Crippen LogP contribution in [0.5, 0.6) is 5.75 Å². The third-order valence-corrected chi connectivity index (χ3v) is 5.87. The van der Waals surface area contributed by atoms with Gasteiger partial charge in [0.05, 0.1) is 12.4 Å². The highest BCUT2D eigenvalue weighted by atomic mass is 32.2. The van der Waals surface area contributed by atoms with Gasteiger partial charge in [0.15, 0.2) is 0 Å². The summed E-state index contributed by atoms with van der Waals surface area (Å²) in [5.74, 6) is 1.61. The molecule has 1 fully saturated rings. The van der Waals surface area contributed by atoms with E-state index in [9.17, 15) is 4.79 Å². The Labute approximate surface area is 163 Å². The van der Waals surface area contributed by atoms with Crippen LogP contribution in [0.1, 0.15) is 23.4 Å². The first-order valence-corrected chi connectivity index (χ1v) is 10.2. The Morgan fingerprint density at radius 1 is 1.07 bits per heavy atom. The van der Waals surface area contributed by atoms with Crippen LogP contribution in [0, 0.1) is 0 Å². The lowest BCUT2D eigenvalue weighted by Gasteiger charge is -2.23. The summed E-state index contributed by atoms with van der Waals surface area (Å²) in [6.07, 6.45) is 4.17. The minimum atomic E-state index is 0.0571. The predicted octanol–water partition coefficient (Wildman–Crippen LogP) is 4.65. The molecule has 4 nitrogen and oxygen atoms in total. The number of thioether (sulfide) groups is 1. The van der Waals surface area contributed by atoms with Gasteiger partial charge in [-0.25, -0.2) is 0 Å². The Morgan fingerprint density at radius 2 is 1.85 bits per heavy atom. The molecule has 0 aliphatic carbocycles. The van der Waals surface area contributed by atoms with Crippen LogP contribution in [0.3, 0.4) is 0 Å². The van der Waals surface area contributed by atoms with E-state index in [0.29, 0.717) is 18.9 Å². The third kappa shape index (κ3) is 3.88. The average Bonchev–Trinajstić information content (AvgIpc) is 3.31. The molecule has 1 amide bonds. The fourth-order valence-electron chi connectivity index (χ4n) is 3.28. The summed E-state index contributed by atoms with van der Waals surface area (Å²) in [7, 11) is 0. The molecule has 1 aromatic heterocycles. The molecule has 0 radical (unpaired) electrons. The summed E-state index contributed by atoms with van der Waals surface area (Å²) in [5.41, 5.74) is 3.38. The third-order valence-electron chi connectivity index (χ3n) is 4.61. The number of ether oxygens (including phenoxy) is 1. The van der Waals surface area contributed by atoms with Gasteiger partial charge in [-0.2, -0.15) is 0 Å². The molecule has 3 aromatic rings. The second-order valence-corrected chi connectivity index (χ2v) is 7.52. The molecule has 0 bridgehead atoms. The van der Waals surface area contributed by atoms with E-state index in [-0.39, 0.29) is 11.3 Å². The van der Waals surface area contributed by atoms with Gasteiger partial charge in [0.25, 0.3) is 0 Å². The van der Waals surface area contributed by atoms with Gasteiger partial charge in [-0.3, -0.25) is 4.79 Å². The average molecular weight is 378 g/mol. The zero-order valence-corrected chi connectivity index (χ0v) is 16.1. The first-order valence-electron chi connectivity index (χ1n) is 9.10. The van der Waals surface area contributed by atoms with Crippen molar-refractivity contribution in [2.45, 2.75) is 18.8 Å². The van der Waals surface area contributed by atoms with E-state index in [1.54, 1.807) is 11.8 Å². The molecule has 27 heavy (non-hydrogen) atoms. The quantitative estimate of drug-likeness (QED) is 0.626. The zero-order chi connectivity index (χ0) is 18.6. The van der Waals surface area contributed by atoms with E-state index in [2.05, 4.69) is 35.2 Å². The van der Waals surface area contributed by atoms with Gasteiger partial charge in [0, 0.05) is 30.2 Å². The first kappa shape index (κ1) is 17.7. The van der Waals surface area contributed by atoms with Gasteiger partial charge in [-0.05, 0) is 42.8 Å². The maximum atomic E-state index is 12.4. The molecule has 0 saturated carbocycles. The van der Waals surface area contributed by atoms with Crippen molar-refractivity contribution in [1.29, 1.82) is 0 Å². The molecule has 0 N–H and O–H groups in total. The van der Waals surface area contributed by atoms with Crippen LogP contribution < -0.4 is 4.74 Å². The lowest BCUT2D eigenvalue weighted by Crippen LogP contribution is -2.27. The highest BCUT2D eigenvalue weighted by Gasteiger charge is 2.33. The number of aromatic nitrogens is 1. The van der Waals surface area contributed by atoms with Gasteiger partial charge >= 0.3 is 0 Å². The molecule has 138 valence electrons. The zero-order valence-electron chi connectivity index (χ0n) is 15.2. The fraction of sp³-hybridized carbons (Fsp3) is 0.227. The molecule has 1 saturated heterocycles. The van der Waals surface area contributed by atoms with E-state index in [4.69, 9.17) is 4.74 Å². The second kappa shape index (κ2) is 7.92. The van der Waals surface area contributed by atoms with Crippen molar-refractivity contribution in [2.24, 2.45) is 0 Å². The molecule has 2 aromatic carbocycles. The molecule has 0 spiro atoms. The maximum absolute atomic E-state index is 12.4. The lowest BCUT2D eigenvalue weighted by atomic mass is 10.2. The number of carbonyl (C=O) groups excluding carboxylic acids is 1. The summed E-state index contributed by atoms with van der Waals surface area (Å²) in [6.45, 7) is 3.29. The SMILES string of the molecule is CCOc1ccc(-n2ccc([C@@H]3SCC(=O)N3Cc3ccccc3)c2)cc1. The fourth-order valence-corrected chi connectivity index (χ4v) is 4.45. The minimum absolute atomic E-state index is 0.0571. The number of hydrogen-bond acceptors (Lipinski definition) is 3. The number of carbonyl (C=O) groups is 1. The van der Waals surface area contributed by atoms with Crippen LogP contribution in [-0.4, -0.2) is 27.7 Å². The number of nitrogens with zero attached hydrogens (tertiary/aromatic N) is 2. The summed E-state index contributed by atoms with van der Waals surface area (Å²) in [6, 6.07) is 20.3. The molecule has 1 atom stereocenters. The van der Waals surface area contributed by atoms with Crippen molar-refractivity contribution in [2.75, 3.05) is 12.4 Å². The van der Waals surface area contributed by atoms with Gasteiger partial charge in [-0.15, -0.1) is 11.8 Å². The Kier molecular flexibility index (Phi) is 5.21. The van der Waals surface area contributed by atoms with E-state index in [1.807, 2.05) is 54.3 Å². The van der Waals surface area contributed by atoms with Crippen LogP contribution in [0.25, 0.3) is 5.69 Å². The summed E-state index contributed by atoms with van der Waals surface area (Å²) in [5, 5.41) is 0.0571. The first-order chi connectivity index (χ1) is 13.2. The van der Waals surface area contributed by atoms with E-state index >= 15 is 0 Å². The van der Waals surface area contributed by atoms with Crippen molar-refractivity contribution >= 4 is 17.7 Å². The van der Waals surface area contributed by atoms with Crippen LogP contribution in [0.15, 0.2) is 73.1 Å². The summed E-state index contributed by atoms with van der Waals surface area (Å²) in [4.78, 5) is 14.4. The van der Waals surface area contributed by atoms with Gasteiger partial charge in [-0.1, -0.05) is 30.3 Å². The maximum Gasteiger partial charge on any atom is 0.234 e. The smallest absolute Gasteiger partial charge is 0.234 e. The highest BCUT2D eigenvalue weighted by Crippen LogP contribution is 2.40. The van der Waals surface area contributed by atoms with Crippen molar-refractivity contribution in [3.63, 3.8) is 0 Å². The number of hydrogen-bond donors (Lipinski definition) is 0. The van der Waals surface area contributed by atoms with Crippen LogP contribution >= 0.6 is 11.8 Å². The normalized spacial score (nSPS) is 16.7. The molecule has 1 aliphatic rings. The van der Waals surface area contributed by atoms with Crippen LogP contribution in [0.4, 0.5) is 0 Å². The van der Waals surface area contributed by atoms with Crippen molar-refractivity contribution in [3.05, 3.63) is 84.2 Å². The Morgan fingerprint density at radius 3 is 2.59 bits per heavy atom. The van der Waals surface area contributed by atoms with E-state index in [0.717, 1.165) is 22.6 Å². The molecule has 5 heteroatoms. The van der Waals surface area contributed by atoms with Crippen LogP contribution in [0.2, 0.25) is 0 Å². The van der Waals surface area contributed by atoms with Crippen molar-refractivity contribution in [3.8, 4) is 11.4 Å². The summed E-state index contributed by atoms with van der Waals surface area (Å²) < 4.78 is 7.60. The van der Waals surface area contributed by atoms with Crippen molar-refractivity contribution in [1.82, 2.24) is 9.47 Å². The Bertz CT molecular complexity index is 906. The largest absolute Gasteiger partial charge is 0.494 e. The topological polar surface area (TPSA) is 34.5 Å². The summed E-state index contributed by atoms with van der Waals surface area (Å²) >= 11 is 1.69. The Hall–Kier alpha value is -2.66. The molecule has 2 heterocycles. The molecule has 4 rings (SSSR count). The number of benzene rings is 2. The molecule has 1 aliphatic heterocycles. The van der Waals surface area contributed by atoms with Gasteiger partial charge in [0.2, 0.25) is 5.91 Å². The Balaban J connectivity index is 1.53.